The molecule has 1 aliphatic carbocycles. The molecule has 5 heteroatoms. The number of benzene rings is 2. The number of rotatable bonds is 6. The summed E-state index contributed by atoms with van der Waals surface area (Å²) in [6, 6.07) is 26.3. The van der Waals surface area contributed by atoms with Gasteiger partial charge in [0.05, 0.1) is 16.8 Å². The van der Waals surface area contributed by atoms with Crippen LogP contribution in [0.5, 0.6) is 0 Å². The fourth-order valence-electron chi connectivity index (χ4n) is 4.26. The summed E-state index contributed by atoms with van der Waals surface area (Å²) >= 11 is 0. The molecule has 2 aromatic heterocycles. The Morgan fingerprint density at radius 2 is 1.69 bits per heavy atom. The first-order valence-electron chi connectivity index (χ1n) is 10.5. The van der Waals surface area contributed by atoms with Crippen LogP contribution in [-0.4, -0.2) is 21.1 Å². The third-order valence-electron chi connectivity index (χ3n) is 5.78. The van der Waals surface area contributed by atoms with E-state index in [0.29, 0.717) is 6.42 Å². The maximum Gasteiger partial charge on any atom is 0.160 e. The zero-order valence-electron chi connectivity index (χ0n) is 17.4. The van der Waals surface area contributed by atoms with Crippen LogP contribution in [0.25, 0.3) is 12.3 Å². The highest BCUT2D eigenvalue weighted by Crippen LogP contribution is 2.42. The number of carbonyl (C=O) groups is 1. The van der Waals surface area contributed by atoms with Crippen LogP contribution in [0.4, 0.5) is 11.5 Å². The zero-order chi connectivity index (χ0) is 21.8. The number of nitrogens with one attached hydrogen (secondary N) is 1. The van der Waals surface area contributed by atoms with Crippen LogP contribution in [0.2, 0.25) is 0 Å². The van der Waals surface area contributed by atoms with Gasteiger partial charge in [-0.2, -0.15) is 0 Å². The summed E-state index contributed by atoms with van der Waals surface area (Å²) in [7, 11) is 0. The molecule has 0 spiro atoms. The van der Waals surface area contributed by atoms with Gasteiger partial charge in [0.25, 0.3) is 0 Å². The highest BCUT2D eigenvalue weighted by molar-refractivity contribution is 5.76. The Hall–Kier alpha value is -4.25. The van der Waals surface area contributed by atoms with Gasteiger partial charge in [-0.05, 0) is 35.9 Å². The summed E-state index contributed by atoms with van der Waals surface area (Å²) in [6.07, 6.45) is 10.8. The molecule has 0 saturated carbocycles. The average Bonchev–Trinajstić information content (AvgIpc) is 3.20. The van der Waals surface area contributed by atoms with E-state index >= 15 is 0 Å². The molecule has 0 amide bonds. The molecular weight excluding hydrogens is 396 g/mol. The number of carbonyl (C=O) groups excluding carboxylic acids is 1. The van der Waals surface area contributed by atoms with E-state index in [1.807, 2.05) is 54.7 Å². The van der Waals surface area contributed by atoms with E-state index < -0.39 is 5.41 Å². The molecule has 0 radical (unpaired) electrons. The number of aromatic nitrogens is 3. The minimum atomic E-state index is -0.438. The number of pyridine rings is 1. The summed E-state index contributed by atoms with van der Waals surface area (Å²) in [4.78, 5) is 15.8. The predicted octanol–water partition coefficient (Wildman–Crippen LogP) is 5.25. The number of para-hydroxylation sites is 1. The number of anilines is 2. The molecule has 1 unspecified atom stereocenters. The van der Waals surface area contributed by atoms with Crippen molar-refractivity contribution in [3.8, 4) is 0 Å². The number of nitrogens with zero attached hydrogens (tertiary/aromatic N) is 3. The second kappa shape index (κ2) is 8.47. The van der Waals surface area contributed by atoms with Crippen molar-refractivity contribution in [3.63, 3.8) is 0 Å². The first kappa shape index (κ1) is 19.7. The highest BCUT2D eigenvalue weighted by Gasteiger charge is 2.38. The lowest BCUT2D eigenvalue weighted by atomic mass is 9.70. The largest absolute Gasteiger partial charge is 0.338 e. The van der Waals surface area contributed by atoms with E-state index in [9.17, 15) is 4.79 Å². The molecule has 0 aliphatic heterocycles. The van der Waals surface area contributed by atoms with Crippen LogP contribution in [-0.2, 0) is 16.6 Å². The van der Waals surface area contributed by atoms with Gasteiger partial charge in [0.2, 0.25) is 0 Å². The summed E-state index contributed by atoms with van der Waals surface area (Å²) in [6.45, 7) is 0. The van der Waals surface area contributed by atoms with Crippen molar-refractivity contribution < 1.29 is 4.79 Å². The van der Waals surface area contributed by atoms with E-state index in [-0.39, 0.29) is 0 Å². The summed E-state index contributed by atoms with van der Waals surface area (Å²) in [5.41, 5.74) is 4.66. The Bertz CT molecular complexity index is 1240. The number of aldehydes is 1. The highest BCUT2D eigenvalue weighted by atomic mass is 16.1. The smallest absolute Gasteiger partial charge is 0.160 e. The molecule has 0 fully saturated rings. The molecule has 4 aromatic rings. The van der Waals surface area contributed by atoms with E-state index in [1.165, 1.54) is 6.08 Å². The van der Waals surface area contributed by atoms with Gasteiger partial charge in [0.1, 0.15) is 6.29 Å². The Kier molecular flexibility index (Phi) is 5.22. The molecule has 5 rings (SSSR count). The SMILES string of the molecule is O=CC=Cn1nc(Nc2ccccc2)c2c1CC(c1ccccc1)(c1ccccn1)C=C2. The van der Waals surface area contributed by atoms with E-state index in [1.54, 1.807) is 10.9 Å². The minimum Gasteiger partial charge on any atom is -0.338 e. The fraction of sp³-hybridized carbons (Fsp3) is 0.0741. The maximum atomic E-state index is 11.0. The van der Waals surface area contributed by atoms with Gasteiger partial charge in [-0.3, -0.25) is 9.78 Å². The summed E-state index contributed by atoms with van der Waals surface area (Å²) < 4.78 is 1.79. The molecule has 32 heavy (non-hydrogen) atoms. The standard InChI is InChI=1S/C27H22N4O/c32-19-9-18-31-24-20-27(21-10-3-1-4-11-21,25-14-7-8-17-28-25)16-15-23(24)26(30-31)29-22-12-5-2-6-13-22/h1-19H,20H2,(H,29,30). The van der Waals surface area contributed by atoms with Gasteiger partial charge in [0, 0.05) is 30.1 Å². The molecular formula is C27H22N4O. The van der Waals surface area contributed by atoms with Crippen molar-refractivity contribution in [2.24, 2.45) is 0 Å². The fourth-order valence-corrected chi connectivity index (χ4v) is 4.26. The Morgan fingerprint density at radius 3 is 2.41 bits per heavy atom. The van der Waals surface area contributed by atoms with Gasteiger partial charge in [-0.25, -0.2) is 4.68 Å². The van der Waals surface area contributed by atoms with Crippen LogP contribution >= 0.6 is 0 Å². The second-order valence-electron chi connectivity index (χ2n) is 7.68. The molecule has 5 nitrogen and oxygen atoms in total. The molecule has 0 saturated heterocycles. The molecule has 2 heterocycles. The van der Waals surface area contributed by atoms with Crippen LogP contribution in [0, 0.1) is 0 Å². The van der Waals surface area contributed by atoms with Gasteiger partial charge >= 0.3 is 0 Å². The van der Waals surface area contributed by atoms with E-state index in [2.05, 4.69) is 47.8 Å². The van der Waals surface area contributed by atoms with E-state index in [4.69, 9.17) is 10.1 Å². The van der Waals surface area contributed by atoms with Crippen LogP contribution < -0.4 is 5.32 Å². The predicted molar refractivity (Wildman–Crippen MR) is 128 cm³/mol. The van der Waals surface area contributed by atoms with Crippen LogP contribution in [0.3, 0.4) is 0 Å². The molecule has 1 aliphatic rings. The third kappa shape index (κ3) is 3.54. The minimum absolute atomic E-state index is 0.438. The topological polar surface area (TPSA) is 59.8 Å². The lowest BCUT2D eigenvalue weighted by Crippen LogP contribution is -2.32. The van der Waals surface area contributed by atoms with Crippen molar-refractivity contribution in [2.45, 2.75) is 11.8 Å². The Balaban J connectivity index is 1.66. The normalized spacial score (nSPS) is 17.2. The monoisotopic (exact) mass is 418 g/mol. The average molecular weight is 419 g/mol. The van der Waals surface area contributed by atoms with Crippen LogP contribution in [0.15, 0.2) is 97.2 Å². The molecule has 1 N–H and O–H groups in total. The van der Waals surface area contributed by atoms with Crippen molar-refractivity contribution in [3.05, 3.63) is 120 Å². The van der Waals surface area contributed by atoms with Gasteiger partial charge in [0.15, 0.2) is 5.82 Å². The van der Waals surface area contributed by atoms with Crippen molar-refractivity contribution in [2.75, 3.05) is 5.32 Å². The number of fused-ring (bicyclic) bond motifs is 1. The van der Waals surface area contributed by atoms with E-state index in [0.717, 1.165) is 40.3 Å². The summed E-state index contributed by atoms with van der Waals surface area (Å²) in [5, 5.41) is 8.18. The van der Waals surface area contributed by atoms with Crippen molar-refractivity contribution in [1.82, 2.24) is 14.8 Å². The Morgan fingerprint density at radius 1 is 0.938 bits per heavy atom. The number of hydrogen-bond acceptors (Lipinski definition) is 4. The Labute approximate surface area is 186 Å². The number of allylic oxidation sites excluding steroid dienone is 2. The van der Waals surface area contributed by atoms with Crippen LogP contribution in [0.1, 0.15) is 22.5 Å². The van der Waals surface area contributed by atoms with Gasteiger partial charge in [-0.15, -0.1) is 5.10 Å². The first-order chi connectivity index (χ1) is 15.8. The van der Waals surface area contributed by atoms with Gasteiger partial charge in [-0.1, -0.05) is 66.7 Å². The third-order valence-corrected chi connectivity index (χ3v) is 5.78. The molecule has 156 valence electrons. The molecule has 2 aromatic carbocycles. The van der Waals surface area contributed by atoms with Crippen molar-refractivity contribution in [1.29, 1.82) is 0 Å². The first-order valence-corrected chi connectivity index (χ1v) is 10.5. The zero-order valence-corrected chi connectivity index (χ0v) is 17.4. The molecule has 0 bridgehead atoms. The van der Waals surface area contributed by atoms with Gasteiger partial charge < -0.3 is 5.32 Å². The lowest BCUT2D eigenvalue weighted by Gasteiger charge is -2.33. The van der Waals surface area contributed by atoms with Crippen molar-refractivity contribution >= 4 is 30.1 Å². The molecule has 1 atom stereocenters. The quantitative estimate of drug-likeness (QED) is 0.343. The second-order valence-corrected chi connectivity index (χ2v) is 7.68. The summed E-state index contributed by atoms with van der Waals surface area (Å²) in [5.74, 6) is 0.751. The lowest BCUT2D eigenvalue weighted by molar-refractivity contribution is -0.104. The number of hydrogen-bond donors (Lipinski definition) is 1. The maximum absolute atomic E-state index is 11.0.